The molecule has 6 heteroatoms. The number of nitrogens with zero attached hydrogens (tertiary/aromatic N) is 4. The molecule has 0 N–H and O–H groups in total. The van der Waals surface area contributed by atoms with Gasteiger partial charge in [0.2, 0.25) is 5.91 Å². The maximum Gasteiger partial charge on any atom is 0.225 e. The topological polar surface area (TPSA) is 49.3 Å². The molecule has 2 aromatic rings. The van der Waals surface area contributed by atoms with Crippen LogP contribution in [0.5, 0.6) is 0 Å². The van der Waals surface area contributed by atoms with E-state index in [1.807, 2.05) is 11.3 Å². The quantitative estimate of drug-likeness (QED) is 0.646. The molecule has 31 heavy (non-hydrogen) atoms. The molecule has 1 saturated heterocycles. The zero-order valence-electron chi connectivity index (χ0n) is 19.2. The Hall–Kier alpha value is -1.69. The van der Waals surface area contributed by atoms with Crippen molar-refractivity contribution in [1.82, 2.24) is 14.9 Å². The van der Waals surface area contributed by atoms with Gasteiger partial charge in [-0.25, -0.2) is 9.97 Å². The zero-order chi connectivity index (χ0) is 21.4. The number of aryl methyl sites for hydroxylation is 2. The molecule has 1 saturated carbocycles. The fraction of sp³-hybridized carbons (Fsp3) is 0.720. The number of piperazine rings is 1. The van der Waals surface area contributed by atoms with Gasteiger partial charge in [0.25, 0.3) is 0 Å². The molecule has 0 radical (unpaired) electrons. The maximum absolute atomic E-state index is 13.0. The highest BCUT2D eigenvalue weighted by Gasteiger charge is 2.31. The molecule has 3 heterocycles. The summed E-state index contributed by atoms with van der Waals surface area (Å²) in [5.74, 6) is 3.18. The van der Waals surface area contributed by atoms with Crippen molar-refractivity contribution in [1.29, 1.82) is 0 Å². The van der Waals surface area contributed by atoms with Crippen LogP contribution in [-0.2, 0) is 17.6 Å². The van der Waals surface area contributed by atoms with Crippen molar-refractivity contribution < 1.29 is 4.79 Å². The molecule has 0 bridgehead atoms. The van der Waals surface area contributed by atoms with Crippen LogP contribution in [0.1, 0.15) is 87.4 Å². The van der Waals surface area contributed by atoms with E-state index in [1.165, 1.54) is 59.2 Å². The van der Waals surface area contributed by atoms with Crippen molar-refractivity contribution >= 4 is 33.3 Å². The highest BCUT2D eigenvalue weighted by Crippen LogP contribution is 2.41. The summed E-state index contributed by atoms with van der Waals surface area (Å²) in [6.45, 7) is 7.87. The normalized spacial score (nSPS) is 21.4. The van der Waals surface area contributed by atoms with Gasteiger partial charge >= 0.3 is 0 Å². The molecule has 168 valence electrons. The number of hydrogen-bond acceptors (Lipinski definition) is 5. The van der Waals surface area contributed by atoms with Crippen molar-refractivity contribution in [3.05, 3.63) is 16.3 Å². The lowest BCUT2D eigenvalue weighted by Gasteiger charge is -2.38. The van der Waals surface area contributed by atoms with Gasteiger partial charge in [-0.3, -0.25) is 4.79 Å². The second-order valence-corrected chi connectivity index (χ2v) is 10.8. The number of fused-ring (bicyclic) bond motifs is 3. The van der Waals surface area contributed by atoms with Gasteiger partial charge < -0.3 is 9.80 Å². The Kier molecular flexibility index (Phi) is 6.18. The molecule has 2 aromatic heterocycles. The number of rotatable bonds is 4. The van der Waals surface area contributed by atoms with Crippen LogP contribution >= 0.6 is 11.3 Å². The average molecular weight is 441 g/mol. The molecule has 2 fully saturated rings. The average Bonchev–Trinajstić information content (AvgIpc) is 3.21. The van der Waals surface area contributed by atoms with Gasteiger partial charge in [0.1, 0.15) is 16.5 Å². The largest absolute Gasteiger partial charge is 0.352 e. The molecule has 0 unspecified atom stereocenters. The fourth-order valence-electron chi connectivity index (χ4n) is 5.53. The number of anilines is 1. The van der Waals surface area contributed by atoms with Gasteiger partial charge in [0, 0.05) is 42.9 Å². The second kappa shape index (κ2) is 9.05. The predicted molar refractivity (Wildman–Crippen MR) is 128 cm³/mol. The Morgan fingerprint density at radius 2 is 1.77 bits per heavy atom. The minimum atomic E-state index is 0.270. The maximum atomic E-state index is 13.0. The molecule has 5 nitrogen and oxygen atoms in total. The molecular formula is C25H36N4OS. The molecular weight excluding hydrogens is 404 g/mol. The van der Waals surface area contributed by atoms with Crippen LogP contribution in [0.25, 0.3) is 10.2 Å². The lowest BCUT2D eigenvalue weighted by molar-refractivity contribution is -0.136. The predicted octanol–water partition coefficient (Wildman–Crippen LogP) is 5.31. The Morgan fingerprint density at radius 3 is 2.52 bits per heavy atom. The standard InChI is InChI=1S/C25H36N4OS/c1-3-17(2)22-26-23(21-19-11-7-8-12-20(19)31-24(21)27-22)28-13-15-29(16-14-28)25(30)18-9-5-4-6-10-18/h17-18H,3-16H2,1-2H3/t17-/m0/s1. The van der Waals surface area contributed by atoms with Crippen molar-refractivity contribution in [2.45, 2.75) is 84.0 Å². The fourth-order valence-corrected chi connectivity index (χ4v) is 6.80. The highest BCUT2D eigenvalue weighted by molar-refractivity contribution is 7.19. The Morgan fingerprint density at radius 1 is 1.03 bits per heavy atom. The SMILES string of the molecule is CC[C@H](C)c1nc(N2CCN(C(=O)C3CCCCC3)CC2)c2c3c(sc2n1)CCCC3. The van der Waals surface area contributed by atoms with Crippen LogP contribution in [0.2, 0.25) is 0 Å². The molecule has 0 aromatic carbocycles. The molecule has 2 aliphatic carbocycles. The Balaban J connectivity index is 1.41. The number of thiophene rings is 1. The minimum absolute atomic E-state index is 0.270. The van der Waals surface area contributed by atoms with E-state index in [0.717, 1.165) is 63.5 Å². The molecule has 1 atom stereocenters. The number of carbonyl (C=O) groups excluding carboxylic acids is 1. The lowest BCUT2D eigenvalue weighted by atomic mass is 9.88. The number of amides is 1. The monoisotopic (exact) mass is 440 g/mol. The van der Waals surface area contributed by atoms with E-state index in [1.54, 1.807) is 0 Å². The first-order valence-corrected chi connectivity index (χ1v) is 13.3. The van der Waals surface area contributed by atoms with Gasteiger partial charge in [0.15, 0.2) is 0 Å². The number of carbonyl (C=O) groups is 1. The van der Waals surface area contributed by atoms with Gasteiger partial charge in [-0.1, -0.05) is 33.1 Å². The van der Waals surface area contributed by atoms with Crippen LogP contribution in [0.4, 0.5) is 5.82 Å². The Labute approximate surface area is 190 Å². The Bertz CT molecular complexity index is 941. The first kappa shape index (κ1) is 21.2. The smallest absolute Gasteiger partial charge is 0.225 e. The van der Waals surface area contributed by atoms with Crippen molar-refractivity contribution in [3.63, 3.8) is 0 Å². The summed E-state index contributed by atoms with van der Waals surface area (Å²) in [4.78, 5) is 30.5. The van der Waals surface area contributed by atoms with E-state index in [2.05, 4.69) is 23.6 Å². The third-order valence-electron chi connectivity index (χ3n) is 7.71. The summed E-state index contributed by atoms with van der Waals surface area (Å²) in [6, 6.07) is 0. The van der Waals surface area contributed by atoms with Crippen LogP contribution in [0, 0.1) is 5.92 Å². The van der Waals surface area contributed by atoms with Crippen molar-refractivity contribution in [3.8, 4) is 0 Å². The van der Waals surface area contributed by atoms with Crippen LogP contribution in [0.15, 0.2) is 0 Å². The first-order valence-electron chi connectivity index (χ1n) is 12.5. The summed E-state index contributed by atoms with van der Waals surface area (Å²) in [5.41, 5.74) is 1.51. The van der Waals surface area contributed by atoms with Crippen LogP contribution in [-0.4, -0.2) is 47.0 Å². The molecule has 1 amide bonds. The van der Waals surface area contributed by atoms with E-state index >= 15 is 0 Å². The van der Waals surface area contributed by atoms with Crippen molar-refractivity contribution in [2.24, 2.45) is 5.92 Å². The van der Waals surface area contributed by atoms with Gasteiger partial charge in [0.05, 0.1) is 5.39 Å². The third kappa shape index (κ3) is 4.08. The van der Waals surface area contributed by atoms with Crippen LogP contribution < -0.4 is 4.90 Å². The molecule has 0 spiro atoms. The number of hydrogen-bond donors (Lipinski definition) is 0. The van der Waals surface area contributed by atoms with Gasteiger partial charge in [-0.05, 0) is 50.5 Å². The van der Waals surface area contributed by atoms with Crippen LogP contribution in [0.3, 0.4) is 0 Å². The molecule has 1 aliphatic heterocycles. The summed E-state index contributed by atoms with van der Waals surface area (Å²) in [6.07, 6.45) is 11.9. The minimum Gasteiger partial charge on any atom is -0.352 e. The summed E-state index contributed by atoms with van der Waals surface area (Å²) in [5, 5.41) is 1.32. The third-order valence-corrected chi connectivity index (χ3v) is 8.90. The van der Waals surface area contributed by atoms with E-state index in [9.17, 15) is 4.79 Å². The molecule has 3 aliphatic rings. The summed E-state index contributed by atoms with van der Waals surface area (Å²) in [7, 11) is 0. The van der Waals surface area contributed by atoms with E-state index in [-0.39, 0.29) is 5.92 Å². The molecule has 5 rings (SSSR count). The van der Waals surface area contributed by atoms with E-state index in [4.69, 9.17) is 9.97 Å². The van der Waals surface area contributed by atoms with Crippen molar-refractivity contribution in [2.75, 3.05) is 31.1 Å². The lowest BCUT2D eigenvalue weighted by Crippen LogP contribution is -2.51. The number of aromatic nitrogens is 2. The second-order valence-electron chi connectivity index (χ2n) is 9.75. The summed E-state index contributed by atoms with van der Waals surface area (Å²) < 4.78 is 0. The zero-order valence-corrected chi connectivity index (χ0v) is 20.0. The first-order chi connectivity index (χ1) is 15.2. The van der Waals surface area contributed by atoms with E-state index in [0.29, 0.717) is 11.8 Å². The van der Waals surface area contributed by atoms with E-state index < -0.39 is 0 Å². The highest BCUT2D eigenvalue weighted by atomic mass is 32.1. The van der Waals surface area contributed by atoms with Gasteiger partial charge in [-0.2, -0.15) is 0 Å². The summed E-state index contributed by atoms with van der Waals surface area (Å²) >= 11 is 1.90. The van der Waals surface area contributed by atoms with Gasteiger partial charge in [-0.15, -0.1) is 11.3 Å².